The molecule has 0 saturated carbocycles. The Morgan fingerprint density at radius 3 is 2.26 bits per heavy atom. The van der Waals surface area contributed by atoms with Gasteiger partial charge in [0.1, 0.15) is 11.4 Å². The van der Waals surface area contributed by atoms with Gasteiger partial charge in [-0.25, -0.2) is 0 Å². The first-order valence-electron chi connectivity index (χ1n) is 10.5. The third-order valence-electron chi connectivity index (χ3n) is 4.80. The highest BCUT2D eigenvalue weighted by molar-refractivity contribution is 6.37. The summed E-state index contributed by atoms with van der Waals surface area (Å²) >= 11 is 0. The van der Waals surface area contributed by atoms with Crippen molar-refractivity contribution >= 4 is 23.1 Å². The summed E-state index contributed by atoms with van der Waals surface area (Å²) in [6.45, 7) is 7.04. The van der Waals surface area contributed by atoms with E-state index in [9.17, 15) is 9.59 Å². The lowest BCUT2D eigenvalue weighted by atomic mass is 10.0. The number of para-hydroxylation sites is 1. The molecule has 0 saturated heterocycles. The average Bonchev–Trinajstić information content (AvgIpc) is 3.00. The van der Waals surface area contributed by atoms with E-state index in [4.69, 9.17) is 14.2 Å². The van der Waals surface area contributed by atoms with Gasteiger partial charge in [-0.3, -0.25) is 14.5 Å². The molecule has 0 aromatic heterocycles. The zero-order valence-corrected chi connectivity index (χ0v) is 18.4. The van der Waals surface area contributed by atoms with Crippen molar-refractivity contribution in [3.05, 3.63) is 53.7 Å². The van der Waals surface area contributed by atoms with Crippen molar-refractivity contribution in [2.45, 2.75) is 27.2 Å². The number of hydrogen-bond acceptors (Lipinski definition) is 6. The number of methoxy groups -OCH3 is 1. The number of amides is 2. The molecule has 2 aromatic carbocycles. The first-order chi connectivity index (χ1) is 15.0. The highest BCUT2D eigenvalue weighted by atomic mass is 16.5. The van der Waals surface area contributed by atoms with Crippen LogP contribution in [0.25, 0.3) is 5.57 Å². The van der Waals surface area contributed by atoms with Crippen LogP contribution in [0.2, 0.25) is 0 Å². The van der Waals surface area contributed by atoms with Crippen molar-refractivity contribution < 1.29 is 23.8 Å². The Bertz CT molecular complexity index is 999. The molecule has 0 spiro atoms. The Kier molecular flexibility index (Phi) is 7.18. The van der Waals surface area contributed by atoms with Crippen LogP contribution in [0.3, 0.4) is 0 Å². The minimum atomic E-state index is -0.361. The van der Waals surface area contributed by atoms with Gasteiger partial charge in [-0.15, -0.1) is 0 Å². The van der Waals surface area contributed by atoms with Crippen LogP contribution in [0.5, 0.6) is 17.2 Å². The average molecular weight is 424 g/mol. The number of anilines is 1. The Morgan fingerprint density at radius 2 is 1.58 bits per heavy atom. The van der Waals surface area contributed by atoms with Crippen LogP contribution in [-0.2, 0) is 9.59 Å². The van der Waals surface area contributed by atoms with Gasteiger partial charge in [0.15, 0.2) is 11.5 Å². The van der Waals surface area contributed by atoms with E-state index in [-0.39, 0.29) is 17.5 Å². The first-order valence-corrected chi connectivity index (χ1v) is 10.5. The number of benzene rings is 2. The monoisotopic (exact) mass is 424 g/mol. The van der Waals surface area contributed by atoms with Crippen LogP contribution in [-0.4, -0.2) is 43.6 Å². The second-order valence-corrected chi connectivity index (χ2v) is 6.86. The number of imide groups is 1. The summed E-state index contributed by atoms with van der Waals surface area (Å²) in [5.74, 6) is 1.01. The number of nitrogens with one attached hydrogen (secondary N) is 1. The van der Waals surface area contributed by atoms with Gasteiger partial charge >= 0.3 is 0 Å². The molecule has 0 bridgehead atoms. The van der Waals surface area contributed by atoms with Gasteiger partial charge in [0.05, 0.1) is 25.9 Å². The molecule has 1 aliphatic rings. The summed E-state index contributed by atoms with van der Waals surface area (Å²) < 4.78 is 16.7. The molecule has 0 fully saturated rings. The molecule has 2 amide bonds. The van der Waals surface area contributed by atoms with E-state index < -0.39 is 0 Å². The number of rotatable bonds is 10. The van der Waals surface area contributed by atoms with Crippen LogP contribution >= 0.6 is 0 Å². The molecule has 7 heteroatoms. The number of nitrogens with zero attached hydrogens (tertiary/aromatic N) is 1. The summed E-state index contributed by atoms with van der Waals surface area (Å²) in [5.41, 5.74) is 1.70. The number of hydrogen-bond donors (Lipinski definition) is 1. The Labute approximate surface area is 182 Å². The highest BCUT2D eigenvalue weighted by Gasteiger charge is 2.39. The molecule has 0 radical (unpaired) electrons. The lowest BCUT2D eigenvalue weighted by molar-refractivity contribution is -0.136. The molecule has 7 nitrogen and oxygen atoms in total. The second-order valence-electron chi connectivity index (χ2n) is 6.86. The zero-order valence-electron chi connectivity index (χ0n) is 18.4. The van der Waals surface area contributed by atoms with Crippen molar-refractivity contribution in [1.82, 2.24) is 4.90 Å². The van der Waals surface area contributed by atoms with Crippen LogP contribution in [0.15, 0.2) is 48.2 Å². The lowest BCUT2D eigenvalue weighted by Crippen LogP contribution is -2.33. The van der Waals surface area contributed by atoms with Crippen molar-refractivity contribution in [1.29, 1.82) is 0 Å². The Hall–Kier alpha value is -3.48. The fraction of sp³-hybridized carbons (Fsp3) is 0.333. The molecule has 164 valence electrons. The molecule has 1 aliphatic heterocycles. The van der Waals surface area contributed by atoms with Gasteiger partial charge in [-0.05, 0) is 38.5 Å². The van der Waals surface area contributed by atoms with E-state index in [0.29, 0.717) is 60.3 Å². The normalized spacial score (nSPS) is 13.6. The van der Waals surface area contributed by atoms with E-state index >= 15 is 0 Å². The maximum Gasteiger partial charge on any atom is 0.278 e. The van der Waals surface area contributed by atoms with Gasteiger partial charge in [-0.2, -0.15) is 0 Å². The molecule has 1 N–H and O–H groups in total. The fourth-order valence-electron chi connectivity index (χ4n) is 3.49. The second kappa shape index (κ2) is 10.0. The van der Waals surface area contributed by atoms with E-state index in [2.05, 4.69) is 5.32 Å². The number of ether oxygens (including phenoxy) is 3. The van der Waals surface area contributed by atoms with Gasteiger partial charge in [0.2, 0.25) is 0 Å². The van der Waals surface area contributed by atoms with Gasteiger partial charge in [0, 0.05) is 23.9 Å². The Morgan fingerprint density at radius 1 is 0.871 bits per heavy atom. The largest absolute Gasteiger partial charge is 0.496 e. The summed E-state index contributed by atoms with van der Waals surface area (Å²) in [6, 6.07) is 12.5. The third kappa shape index (κ3) is 4.50. The van der Waals surface area contributed by atoms with Crippen LogP contribution in [0, 0.1) is 0 Å². The molecule has 0 unspecified atom stereocenters. The lowest BCUT2D eigenvalue weighted by Gasteiger charge is -2.15. The Balaban J connectivity index is 2.08. The molecular formula is C24H28N2O5. The molecule has 2 aromatic rings. The maximum atomic E-state index is 13.2. The molecule has 3 rings (SSSR count). The minimum absolute atomic E-state index is 0.217. The predicted octanol–water partition coefficient (Wildman–Crippen LogP) is 4.09. The molecule has 1 heterocycles. The van der Waals surface area contributed by atoms with Crippen LogP contribution in [0.4, 0.5) is 5.69 Å². The first kappa shape index (κ1) is 22.2. The number of carbonyl (C=O) groups excluding carboxylic acids is 2. The summed E-state index contributed by atoms with van der Waals surface area (Å²) in [5, 5.41) is 3.15. The van der Waals surface area contributed by atoms with Crippen molar-refractivity contribution in [2.75, 3.05) is 32.2 Å². The maximum absolute atomic E-state index is 13.2. The van der Waals surface area contributed by atoms with Gasteiger partial charge in [0.25, 0.3) is 11.8 Å². The van der Waals surface area contributed by atoms with Crippen LogP contribution in [0.1, 0.15) is 32.8 Å². The topological polar surface area (TPSA) is 77.1 Å². The zero-order chi connectivity index (χ0) is 22.4. The number of carbonyl (C=O) groups is 2. The highest BCUT2D eigenvalue weighted by Crippen LogP contribution is 2.37. The molecule has 0 atom stereocenters. The predicted molar refractivity (Wildman–Crippen MR) is 119 cm³/mol. The molecule has 0 aliphatic carbocycles. The summed E-state index contributed by atoms with van der Waals surface area (Å²) in [4.78, 5) is 27.6. The minimum Gasteiger partial charge on any atom is -0.496 e. The van der Waals surface area contributed by atoms with Gasteiger partial charge < -0.3 is 19.5 Å². The van der Waals surface area contributed by atoms with Crippen molar-refractivity contribution in [3.63, 3.8) is 0 Å². The van der Waals surface area contributed by atoms with Crippen LogP contribution < -0.4 is 19.5 Å². The van der Waals surface area contributed by atoms with E-state index in [1.165, 1.54) is 4.90 Å². The van der Waals surface area contributed by atoms with Gasteiger partial charge in [-0.1, -0.05) is 25.1 Å². The third-order valence-corrected chi connectivity index (χ3v) is 4.80. The molecular weight excluding hydrogens is 396 g/mol. The van der Waals surface area contributed by atoms with E-state index in [1.807, 2.05) is 32.9 Å². The van der Waals surface area contributed by atoms with Crippen molar-refractivity contribution in [2.24, 2.45) is 0 Å². The van der Waals surface area contributed by atoms with Crippen molar-refractivity contribution in [3.8, 4) is 17.2 Å². The standard InChI is InChI=1S/C24H28N2O5/c1-5-14-26-23(27)21(17-10-8-9-11-18(17)29-4)22(24(26)28)25-16-12-13-19(30-6-2)20(15-16)31-7-3/h8-13,15,25H,5-7,14H2,1-4H3. The summed E-state index contributed by atoms with van der Waals surface area (Å²) in [7, 11) is 1.54. The van der Waals surface area contributed by atoms with E-state index in [0.717, 1.165) is 0 Å². The quantitative estimate of drug-likeness (QED) is 0.579. The summed E-state index contributed by atoms with van der Waals surface area (Å²) in [6.07, 6.45) is 0.668. The smallest absolute Gasteiger partial charge is 0.278 e. The van der Waals surface area contributed by atoms with E-state index in [1.54, 1.807) is 37.4 Å². The molecule has 31 heavy (non-hydrogen) atoms. The fourth-order valence-corrected chi connectivity index (χ4v) is 3.49. The SMILES string of the molecule is CCCN1C(=O)C(Nc2ccc(OCC)c(OCC)c2)=C(c2ccccc2OC)C1=O.